The molecule has 0 bridgehead atoms. The molecule has 0 saturated carbocycles. The quantitative estimate of drug-likeness (QED) is 0.0935. The summed E-state index contributed by atoms with van der Waals surface area (Å²) in [7, 11) is -39.0. The van der Waals surface area contributed by atoms with Gasteiger partial charge in [-0.3, -0.25) is 41.7 Å². The van der Waals surface area contributed by atoms with Crippen LogP contribution < -0.4 is 40.6 Å². The van der Waals surface area contributed by atoms with Crippen LogP contribution in [0.2, 0.25) is 0 Å². The molecule has 53 heavy (non-hydrogen) atoms. The van der Waals surface area contributed by atoms with Gasteiger partial charge in [0.05, 0.1) is 19.3 Å². The SMILES string of the molecule is CCCCCCCCCCCCOP(=O)([O-])OP(=O)([O-])OP(=O)([O-])OP(=O)([O-])OP(=O)([O-])OP(=O)([O-])OC[C@@H]1O[C@H](n2cc(C)c(=O)[nH]c2=O)CC1O. The molecule has 1 aromatic heterocycles. The number of phosphoric ester groups is 2. The molecule has 2 N–H and O–H groups in total. The number of rotatable bonds is 26. The van der Waals surface area contributed by atoms with Crippen molar-refractivity contribution in [3.8, 4) is 0 Å². The summed E-state index contributed by atoms with van der Waals surface area (Å²) in [5.74, 6) is 0. The fraction of sp³-hybridized carbons (Fsp3) is 0.818. The van der Waals surface area contributed by atoms with Gasteiger partial charge >= 0.3 is 5.69 Å². The van der Waals surface area contributed by atoms with E-state index in [0.29, 0.717) is 12.8 Å². The number of aliphatic hydroxyl groups is 1. The van der Waals surface area contributed by atoms with Crippen molar-refractivity contribution in [1.29, 1.82) is 0 Å². The van der Waals surface area contributed by atoms with E-state index in [1.807, 2.05) is 4.98 Å². The third-order valence-electron chi connectivity index (χ3n) is 6.80. The zero-order chi connectivity index (χ0) is 40.3. The Morgan fingerprint density at radius 2 is 1.13 bits per heavy atom. The van der Waals surface area contributed by atoms with Crippen LogP contribution in [0.5, 0.6) is 0 Å². The molecule has 1 aliphatic rings. The predicted octanol–water partition coefficient (Wildman–Crippen LogP) is 0.341. The van der Waals surface area contributed by atoms with Crippen LogP contribution >= 0.6 is 46.9 Å². The van der Waals surface area contributed by atoms with E-state index >= 15 is 0 Å². The molecule has 31 heteroatoms. The van der Waals surface area contributed by atoms with Gasteiger partial charge in [-0.2, -0.15) is 0 Å². The lowest BCUT2D eigenvalue weighted by atomic mass is 10.1. The van der Waals surface area contributed by atoms with Crippen LogP contribution in [0, 0.1) is 6.92 Å². The van der Waals surface area contributed by atoms with E-state index in [1.165, 1.54) is 6.92 Å². The van der Waals surface area contributed by atoms with Crippen molar-refractivity contribution < 1.29 is 97.2 Å². The van der Waals surface area contributed by atoms with Crippen LogP contribution in [-0.2, 0) is 62.7 Å². The number of nitrogens with zero attached hydrogens (tertiary/aromatic N) is 1. The summed E-state index contributed by atoms with van der Waals surface area (Å²) in [6.07, 6.45) is 5.00. The van der Waals surface area contributed by atoms with E-state index in [9.17, 15) is 71.4 Å². The number of aliphatic hydroxyl groups excluding tert-OH is 1. The van der Waals surface area contributed by atoms with Gasteiger partial charge in [-0.15, -0.1) is 0 Å². The van der Waals surface area contributed by atoms with Crippen molar-refractivity contribution in [2.24, 2.45) is 0 Å². The maximum atomic E-state index is 12.0. The Hall–Kier alpha value is -0.540. The molecule has 7 unspecified atom stereocenters. The van der Waals surface area contributed by atoms with Crippen LogP contribution in [-0.4, -0.2) is 40.1 Å². The van der Waals surface area contributed by atoms with Crippen molar-refractivity contribution in [3.63, 3.8) is 0 Å². The summed E-state index contributed by atoms with van der Waals surface area (Å²) >= 11 is 0. The first kappa shape index (κ1) is 48.6. The molecule has 9 atom stereocenters. The molecule has 1 fully saturated rings. The van der Waals surface area contributed by atoms with Gasteiger partial charge in [0.2, 0.25) is 0 Å². The lowest BCUT2D eigenvalue weighted by molar-refractivity contribution is -0.256. The first-order valence-electron chi connectivity index (χ1n) is 15.6. The first-order valence-corrected chi connectivity index (χ1v) is 24.4. The lowest BCUT2D eigenvalue weighted by Gasteiger charge is -2.38. The van der Waals surface area contributed by atoms with Crippen LogP contribution in [0.25, 0.3) is 0 Å². The number of hydrogen-bond acceptors (Lipinski definition) is 23. The Morgan fingerprint density at radius 1 is 0.717 bits per heavy atom. The van der Waals surface area contributed by atoms with E-state index in [-0.39, 0.29) is 18.4 Å². The summed E-state index contributed by atoms with van der Waals surface area (Å²) in [5, 5.41) is 10.2. The Morgan fingerprint density at radius 3 is 1.60 bits per heavy atom. The summed E-state index contributed by atoms with van der Waals surface area (Å²) in [6.45, 7) is 1.64. The molecule has 1 aliphatic heterocycles. The monoisotopic (exact) mass is 884 g/mol. The highest BCUT2D eigenvalue weighted by Gasteiger charge is 2.38. The molecule has 0 aromatic carbocycles. The van der Waals surface area contributed by atoms with E-state index in [4.69, 9.17) is 4.74 Å². The number of nitrogens with one attached hydrogen (secondary N) is 1. The summed E-state index contributed by atoms with van der Waals surface area (Å²) in [4.78, 5) is 96.9. The topological polar surface area (TPSA) is 390 Å². The largest absolute Gasteiger partial charge is 0.756 e. The molecule has 0 radical (unpaired) electrons. The minimum atomic E-state index is -6.89. The zero-order valence-corrected chi connectivity index (χ0v) is 33.4. The molecule has 2 heterocycles. The van der Waals surface area contributed by atoms with Crippen molar-refractivity contribution >= 4 is 46.9 Å². The molecule has 25 nitrogen and oxygen atoms in total. The highest BCUT2D eigenvalue weighted by atomic mass is 31.3. The Balaban J connectivity index is 1.84. The van der Waals surface area contributed by atoms with E-state index in [2.05, 4.69) is 37.5 Å². The number of hydrogen-bond donors (Lipinski definition) is 2. The zero-order valence-electron chi connectivity index (χ0n) is 28.1. The van der Waals surface area contributed by atoms with Gasteiger partial charge in [0, 0.05) is 18.2 Å². The molecular weight excluding hydrogens is 846 g/mol. The molecule has 310 valence electrons. The van der Waals surface area contributed by atoms with Crippen LogP contribution in [0.15, 0.2) is 15.8 Å². The van der Waals surface area contributed by atoms with Gasteiger partial charge < -0.3 is 48.3 Å². The smallest absolute Gasteiger partial charge is 0.330 e. The average molecular weight is 884 g/mol. The molecule has 1 aromatic rings. The van der Waals surface area contributed by atoms with Gasteiger partial charge in [0.15, 0.2) is 0 Å². The number of aryl methyl sites for hydroxylation is 1. The molecule has 1 saturated heterocycles. The van der Waals surface area contributed by atoms with Gasteiger partial charge in [-0.1, -0.05) is 64.7 Å². The number of ether oxygens (including phenoxy) is 1. The third-order valence-corrected chi connectivity index (χ3v) is 15.8. The molecule has 0 amide bonds. The van der Waals surface area contributed by atoms with Gasteiger partial charge in [0.1, 0.15) is 12.3 Å². The molecular formula is C22H38N2O23P6-6. The maximum Gasteiger partial charge on any atom is 0.330 e. The Labute approximate surface area is 302 Å². The second-order valence-electron chi connectivity index (χ2n) is 11.3. The van der Waals surface area contributed by atoms with Gasteiger partial charge in [0.25, 0.3) is 52.5 Å². The van der Waals surface area contributed by atoms with Crippen molar-refractivity contribution in [2.45, 2.75) is 103 Å². The van der Waals surface area contributed by atoms with Gasteiger partial charge in [-0.05, 0) is 13.3 Å². The predicted molar refractivity (Wildman–Crippen MR) is 165 cm³/mol. The fourth-order valence-electron chi connectivity index (χ4n) is 4.49. The number of unbranched alkanes of at least 4 members (excludes halogenated alkanes) is 9. The minimum absolute atomic E-state index is 0.0638. The second kappa shape index (κ2) is 20.8. The van der Waals surface area contributed by atoms with Crippen molar-refractivity contribution in [2.75, 3.05) is 13.2 Å². The van der Waals surface area contributed by atoms with Crippen LogP contribution in [0.4, 0.5) is 0 Å². The highest BCUT2D eigenvalue weighted by molar-refractivity contribution is 7.71. The van der Waals surface area contributed by atoms with Crippen molar-refractivity contribution in [3.05, 3.63) is 32.6 Å². The van der Waals surface area contributed by atoms with Crippen LogP contribution in [0.1, 0.15) is 89.3 Å². The number of aromatic amines is 1. The Bertz CT molecular complexity index is 1770. The fourth-order valence-corrected chi connectivity index (χ4v) is 12.0. The number of H-pyrrole nitrogens is 1. The normalized spacial score (nSPS) is 24.7. The van der Waals surface area contributed by atoms with Crippen LogP contribution in [0.3, 0.4) is 0 Å². The standard InChI is InChI=1S/C22H44N2O23P6/c1-3-4-5-6-7-8-9-10-11-12-13-40-48(28,29)43-50(32,33)45-52(36,37)47-53(38,39)46-51(34,35)44-49(30,31)41-16-19-18(25)14-20(42-19)24-15-17(2)21(26)23-22(24)27/h15,18-20,25H,3-14,16H2,1-2H3,(H,28,29)(H,30,31)(H,32,33)(H,34,35)(H,36,37)(H,38,39)(H,23,26,27)/p-6/t18?,19-,20-/m0/s1. The lowest BCUT2D eigenvalue weighted by Crippen LogP contribution is -2.33. The second-order valence-corrected chi connectivity index (χ2v) is 20.5. The summed E-state index contributed by atoms with van der Waals surface area (Å²) < 4.78 is 103. The first-order chi connectivity index (χ1) is 24.3. The molecule has 0 spiro atoms. The molecule has 2 rings (SSSR count). The van der Waals surface area contributed by atoms with Crippen molar-refractivity contribution in [1.82, 2.24) is 9.55 Å². The van der Waals surface area contributed by atoms with E-state index < -0.39 is 89.8 Å². The maximum absolute atomic E-state index is 12.0. The Kier molecular flexibility index (Phi) is 19.0. The third kappa shape index (κ3) is 19.0. The number of aromatic nitrogens is 2. The minimum Gasteiger partial charge on any atom is -0.756 e. The highest BCUT2D eigenvalue weighted by Crippen LogP contribution is 2.70. The van der Waals surface area contributed by atoms with Gasteiger partial charge in [-0.25, -0.2) is 26.3 Å². The molecule has 0 aliphatic carbocycles. The van der Waals surface area contributed by atoms with E-state index in [0.717, 1.165) is 55.7 Å². The average Bonchev–Trinajstić information content (AvgIpc) is 3.33. The number of phosphoric acid groups is 6. The van der Waals surface area contributed by atoms with E-state index in [1.54, 1.807) is 0 Å². The summed E-state index contributed by atoms with van der Waals surface area (Å²) in [5.41, 5.74) is -1.62. The summed E-state index contributed by atoms with van der Waals surface area (Å²) in [6, 6.07) is 0.